The van der Waals surface area contributed by atoms with Crippen molar-refractivity contribution in [3.8, 4) is 0 Å². The quantitative estimate of drug-likeness (QED) is 0.678. The van der Waals surface area contributed by atoms with Crippen LogP contribution < -0.4 is 5.32 Å². The van der Waals surface area contributed by atoms with Gasteiger partial charge >= 0.3 is 0 Å². The van der Waals surface area contributed by atoms with Crippen molar-refractivity contribution in [1.82, 2.24) is 14.9 Å². The van der Waals surface area contributed by atoms with Crippen molar-refractivity contribution in [2.24, 2.45) is 0 Å². The number of benzene rings is 2. The van der Waals surface area contributed by atoms with E-state index in [4.69, 9.17) is 0 Å². The normalized spacial score (nSPS) is 10.7. The average Bonchev–Trinajstić information content (AvgIpc) is 2.97. The Bertz CT molecular complexity index is 836. The van der Waals surface area contributed by atoms with Gasteiger partial charge in [0, 0.05) is 13.0 Å². The molecule has 3 rings (SSSR count). The number of amides is 1. The number of aromatic nitrogens is 2. The number of hydrogen-bond donors (Lipinski definition) is 1. The zero-order valence-electron chi connectivity index (χ0n) is 13.6. The van der Waals surface area contributed by atoms with Crippen molar-refractivity contribution >= 4 is 16.9 Å². The lowest BCUT2D eigenvalue weighted by atomic mass is 10.1. The number of carbonyl (C=O) groups excluding carboxylic acids is 1. The molecule has 1 aromatic heterocycles. The maximum absolute atomic E-state index is 12.1. The maximum atomic E-state index is 12.1. The summed E-state index contributed by atoms with van der Waals surface area (Å²) in [7, 11) is 0. The zero-order chi connectivity index (χ0) is 16.8. The Labute approximate surface area is 141 Å². The molecule has 1 heterocycles. The number of fused-ring (bicyclic) bond motifs is 1. The van der Waals surface area contributed by atoms with Crippen LogP contribution in [0.2, 0.25) is 0 Å². The van der Waals surface area contributed by atoms with E-state index in [0.29, 0.717) is 19.5 Å². The second-order valence-corrected chi connectivity index (χ2v) is 5.68. The van der Waals surface area contributed by atoms with Crippen molar-refractivity contribution in [2.45, 2.75) is 25.9 Å². The number of hydrogen-bond acceptors (Lipinski definition) is 2. The molecule has 0 aliphatic rings. The van der Waals surface area contributed by atoms with Gasteiger partial charge in [-0.1, -0.05) is 48.5 Å². The second-order valence-electron chi connectivity index (χ2n) is 5.68. The van der Waals surface area contributed by atoms with Crippen LogP contribution in [0, 0.1) is 0 Å². The molecule has 0 saturated heterocycles. The number of nitrogens with one attached hydrogen (secondary N) is 1. The zero-order valence-corrected chi connectivity index (χ0v) is 13.6. The highest BCUT2D eigenvalue weighted by Crippen LogP contribution is 2.16. The van der Waals surface area contributed by atoms with Crippen LogP contribution in [-0.2, 0) is 24.3 Å². The topological polar surface area (TPSA) is 46.9 Å². The van der Waals surface area contributed by atoms with Gasteiger partial charge in [0.25, 0.3) is 0 Å². The van der Waals surface area contributed by atoms with Crippen molar-refractivity contribution in [3.63, 3.8) is 0 Å². The molecule has 0 saturated carbocycles. The van der Waals surface area contributed by atoms with E-state index in [0.717, 1.165) is 23.3 Å². The molecule has 0 spiro atoms. The molecular formula is C20H21N3O. The minimum Gasteiger partial charge on any atom is -0.349 e. The van der Waals surface area contributed by atoms with Gasteiger partial charge in [0.05, 0.1) is 17.6 Å². The first kappa shape index (κ1) is 16.0. The molecule has 24 heavy (non-hydrogen) atoms. The molecule has 0 unspecified atom stereocenters. The van der Waals surface area contributed by atoms with Gasteiger partial charge in [0.2, 0.25) is 5.91 Å². The van der Waals surface area contributed by atoms with Gasteiger partial charge in [0.15, 0.2) is 0 Å². The Kier molecular flexibility index (Phi) is 5.06. The lowest BCUT2D eigenvalue weighted by Gasteiger charge is -2.08. The Balaban J connectivity index is 1.63. The molecule has 0 radical (unpaired) electrons. The van der Waals surface area contributed by atoms with E-state index in [-0.39, 0.29) is 5.91 Å². The van der Waals surface area contributed by atoms with E-state index in [1.807, 2.05) is 60.7 Å². The van der Waals surface area contributed by atoms with Crippen LogP contribution in [0.15, 0.2) is 67.3 Å². The van der Waals surface area contributed by atoms with Crippen LogP contribution in [0.25, 0.3) is 11.0 Å². The summed E-state index contributed by atoms with van der Waals surface area (Å²) >= 11 is 0. The monoisotopic (exact) mass is 319 g/mol. The lowest BCUT2D eigenvalue weighted by molar-refractivity contribution is -0.121. The van der Waals surface area contributed by atoms with E-state index in [1.54, 1.807) is 0 Å². The first-order valence-corrected chi connectivity index (χ1v) is 8.13. The summed E-state index contributed by atoms with van der Waals surface area (Å²) in [5.41, 5.74) is 3.17. The highest BCUT2D eigenvalue weighted by Gasteiger charge is 2.10. The van der Waals surface area contributed by atoms with Gasteiger partial charge in [-0.2, -0.15) is 0 Å². The highest BCUT2D eigenvalue weighted by molar-refractivity contribution is 5.77. The summed E-state index contributed by atoms with van der Waals surface area (Å²) in [6.45, 7) is 4.91. The Morgan fingerprint density at radius 2 is 1.88 bits per heavy atom. The van der Waals surface area contributed by atoms with Crippen LogP contribution >= 0.6 is 0 Å². The number of aryl methyl sites for hydroxylation is 1. The molecule has 2 aromatic carbocycles. The first-order chi connectivity index (χ1) is 11.8. The highest BCUT2D eigenvalue weighted by atomic mass is 16.1. The SMILES string of the molecule is C=CCn1c(CNC(=O)CCc2ccccc2)nc2ccccc21. The smallest absolute Gasteiger partial charge is 0.220 e. The van der Waals surface area contributed by atoms with E-state index in [9.17, 15) is 4.79 Å². The van der Waals surface area contributed by atoms with Crippen LogP contribution in [0.4, 0.5) is 0 Å². The van der Waals surface area contributed by atoms with Crippen LogP contribution in [-0.4, -0.2) is 15.5 Å². The number of carbonyl (C=O) groups is 1. The summed E-state index contributed by atoms with van der Waals surface area (Å²) in [5, 5.41) is 2.97. The van der Waals surface area contributed by atoms with Crippen LogP contribution in [0.5, 0.6) is 0 Å². The molecule has 0 bridgehead atoms. The van der Waals surface area contributed by atoms with E-state index in [2.05, 4.69) is 21.4 Å². The summed E-state index contributed by atoms with van der Waals surface area (Å²) in [5.74, 6) is 0.889. The second kappa shape index (κ2) is 7.59. The van der Waals surface area contributed by atoms with Crippen molar-refractivity contribution < 1.29 is 4.79 Å². The molecule has 0 aliphatic heterocycles. The Hall–Kier alpha value is -2.88. The van der Waals surface area contributed by atoms with Crippen LogP contribution in [0.3, 0.4) is 0 Å². The fourth-order valence-electron chi connectivity index (χ4n) is 2.76. The predicted molar refractivity (Wildman–Crippen MR) is 96.5 cm³/mol. The molecule has 3 aromatic rings. The first-order valence-electron chi connectivity index (χ1n) is 8.13. The molecule has 4 nitrogen and oxygen atoms in total. The summed E-state index contributed by atoms with van der Waals surface area (Å²) in [6, 6.07) is 18.0. The minimum absolute atomic E-state index is 0.0380. The number of imidazole rings is 1. The van der Waals surface area contributed by atoms with Gasteiger partial charge in [-0.05, 0) is 24.1 Å². The molecule has 1 N–H and O–H groups in total. The fourth-order valence-corrected chi connectivity index (χ4v) is 2.76. The molecule has 122 valence electrons. The van der Waals surface area contributed by atoms with Crippen molar-refractivity contribution in [1.29, 1.82) is 0 Å². The van der Waals surface area contributed by atoms with Gasteiger partial charge in [0.1, 0.15) is 5.82 Å². The predicted octanol–water partition coefficient (Wildman–Crippen LogP) is 3.47. The van der Waals surface area contributed by atoms with Crippen LogP contribution in [0.1, 0.15) is 17.8 Å². The average molecular weight is 319 g/mol. The molecular weight excluding hydrogens is 298 g/mol. The van der Waals surface area contributed by atoms with E-state index in [1.165, 1.54) is 5.56 Å². The third-order valence-corrected chi connectivity index (χ3v) is 3.97. The molecule has 1 amide bonds. The molecule has 0 fully saturated rings. The molecule has 0 aliphatic carbocycles. The van der Waals surface area contributed by atoms with Crippen molar-refractivity contribution in [2.75, 3.05) is 0 Å². The number of allylic oxidation sites excluding steroid dienone is 1. The minimum atomic E-state index is 0.0380. The van der Waals surface area contributed by atoms with E-state index < -0.39 is 0 Å². The van der Waals surface area contributed by atoms with Crippen molar-refractivity contribution in [3.05, 3.63) is 78.6 Å². The number of para-hydroxylation sites is 2. The van der Waals surface area contributed by atoms with Gasteiger partial charge in [-0.25, -0.2) is 4.98 Å². The third-order valence-electron chi connectivity index (χ3n) is 3.97. The Morgan fingerprint density at radius 3 is 2.67 bits per heavy atom. The number of nitrogens with zero attached hydrogens (tertiary/aromatic N) is 2. The van der Waals surface area contributed by atoms with Gasteiger partial charge in [-0.3, -0.25) is 4.79 Å². The summed E-state index contributed by atoms with van der Waals surface area (Å²) in [6.07, 6.45) is 3.07. The fraction of sp³-hybridized carbons (Fsp3) is 0.200. The molecule has 4 heteroatoms. The largest absolute Gasteiger partial charge is 0.349 e. The standard InChI is InChI=1S/C20H21N3O/c1-2-14-23-18-11-7-6-10-17(18)22-19(23)15-21-20(24)13-12-16-8-4-3-5-9-16/h2-11H,1,12-15H2,(H,21,24). The number of rotatable bonds is 7. The van der Waals surface area contributed by atoms with Gasteiger partial charge < -0.3 is 9.88 Å². The maximum Gasteiger partial charge on any atom is 0.220 e. The lowest BCUT2D eigenvalue weighted by Crippen LogP contribution is -2.25. The van der Waals surface area contributed by atoms with E-state index >= 15 is 0 Å². The van der Waals surface area contributed by atoms with Gasteiger partial charge in [-0.15, -0.1) is 6.58 Å². The third kappa shape index (κ3) is 3.71. The summed E-state index contributed by atoms with van der Waals surface area (Å²) < 4.78 is 2.08. The summed E-state index contributed by atoms with van der Waals surface area (Å²) in [4.78, 5) is 16.7. The molecule has 0 atom stereocenters. The Morgan fingerprint density at radius 1 is 1.12 bits per heavy atom.